The maximum absolute atomic E-state index is 12.1. The second-order valence-corrected chi connectivity index (χ2v) is 6.85. The highest BCUT2D eigenvalue weighted by atomic mass is 16.5. The average molecular weight is 407 g/mol. The van der Waals surface area contributed by atoms with Crippen molar-refractivity contribution in [1.29, 1.82) is 0 Å². The van der Waals surface area contributed by atoms with Crippen molar-refractivity contribution in [3.8, 4) is 11.4 Å². The van der Waals surface area contributed by atoms with Gasteiger partial charge in [0.05, 0.1) is 12.2 Å². The summed E-state index contributed by atoms with van der Waals surface area (Å²) < 4.78 is 7.28. The van der Waals surface area contributed by atoms with Gasteiger partial charge >= 0.3 is 0 Å². The van der Waals surface area contributed by atoms with Crippen LogP contribution in [0.5, 0.6) is 5.75 Å². The third kappa shape index (κ3) is 5.66. The summed E-state index contributed by atoms with van der Waals surface area (Å²) in [5.74, 6) is 0.354. The molecular weight excluding hydrogens is 382 g/mol. The van der Waals surface area contributed by atoms with E-state index in [-0.39, 0.29) is 25.0 Å². The van der Waals surface area contributed by atoms with Crippen molar-refractivity contribution in [3.63, 3.8) is 0 Å². The van der Waals surface area contributed by atoms with Gasteiger partial charge in [0, 0.05) is 5.69 Å². The molecule has 8 nitrogen and oxygen atoms in total. The van der Waals surface area contributed by atoms with Gasteiger partial charge in [-0.2, -0.15) is 5.10 Å². The number of amides is 2. The van der Waals surface area contributed by atoms with Gasteiger partial charge in [-0.25, -0.2) is 9.67 Å². The molecule has 2 amide bonds. The van der Waals surface area contributed by atoms with Crippen LogP contribution in [0, 0.1) is 0 Å². The van der Waals surface area contributed by atoms with Crippen molar-refractivity contribution in [2.24, 2.45) is 0 Å². The summed E-state index contributed by atoms with van der Waals surface area (Å²) >= 11 is 0. The molecule has 0 fully saturated rings. The Hall–Kier alpha value is -3.68. The summed E-state index contributed by atoms with van der Waals surface area (Å²) in [6.45, 7) is 3.94. The van der Waals surface area contributed by atoms with E-state index in [1.165, 1.54) is 6.33 Å². The van der Waals surface area contributed by atoms with Crippen LogP contribution in [-0.4, -0.2) is 39.7 Å². The van der Waals surface area contributed by atoms with Crippen molar-refractivity contribution in [2.45, 2.75) is 26.2 Å². The van der Waals surface area contributed by atoms with Crippen molar-refractivity contribution in [1.82, 2.24) is 20.1 Å². The molecule has 30 heavy (non-hydrogen) atoms. The zero-order chi connectivity index (χ0) is 21.3. The molecule has 0 aliphatic heterocycles. The maximum atomic E-state index is 12.1. The zero-order valence-electron chi connectivity index (χ0n) is 17.0. The number of anilines is 1. The molecule has 1 unspecified atom stereocenters. The first-order valence-corrected chi connectivity index (χ1v) is 9.80. The molecule has 0 aliphatic rings. The highest BCUT2D eigenvalue weighted by Gasteiger charge is 2.12. The minimum atomic E-state index is -0.356. The Bertz CT molecular complexity index is 971. The van der Waals surface area contributed by atoms with Gasteiger partial charge in [0.25, 0.3) is 5.91 Å². The topological polar surface area (TPSA) is 98.1 Å². The van der Waals surface area contributed by atoms with Crippen molar-refractivity contribution < 1.29 is 14.3 Å². The summed E-state index contributed by atoms with van der Waals surface area (Å²) in [7, 11) is 0. The van der Waals surface area contributed by atoms with E-state index in [0.29, 0.717) is 17.4 Å². The van der Waals surface area contributed by atoms with Crippen LogP contribution in [-0.2, 0) is 9.59 Å². The quantitative estimate of drug-likeness (QED) is 0.568. The molecule has 0 saturated carbocycles. The van der Waals surface area contributed by atoms with Crippen LogP contribution >= 0.6 is 0 Å². The smallest absolute Gasteiger partial charge is 0.258 e. The molecule has 3 rings (SSSR count). The molecule has 1 aromatic heterocycles. The average Bonchev–Trinajstić information content (AvgIpc) is 3.31. The lowest BCUT2D eigenvalue weighted by atomic mass is 9.98. The molecule has 0 aliphatic carbocycles. The SMILES string of the molecule is CCC(C)c1ccccc1OCC(=O)NCC(=O)Nc1ccc(-n2cncn2)cc1. The predicted octanol–water partition coefficient (Wildman–Crippen LogP) is 2.91. The van der Waals surface area contributed by atoms with Crippen molar-refractivity contribution >= 4 is 17.5 Å². The monoisotopic (exact) mass is 407 g/mol. The number of carbonyl (C=O) groups excluding carboxylic acids is 2. The van der Waals surface area contributed by atoms with Gasteiger partial charge in [0.1, 0.15) is 18.4 Å². The van der Waals surface area contributed by atoms with Gasteiger partial charge in [-0.1, -0.05) is 32.0 Å². The van der Waals surface area contributed by atoms with Gasteiger partial charge in [0.15, 0.2) is 6.61 Å². The van der Waals surface area contributed by atoms with Crippen molar-refractivity contribution in [2.75, 3.05) is 18.5 Å². The Labute approximate surface area is 175 Å². The molecule has 3 aromatic rings. The first kappa shape index (κ1) is 21.0. The largest absolute Gasteiger partial charge is 0.483 e. The number of hydrogen-bond acceptors (Lipinski definition) is 5. The van der Waals surface area contributed by atoms with Gasteiger partial charge in [-0.05, 0) is 48.2 Å². The second-order valence-electron chi connectivity index (χ2n) is 6.85. The number of para-hydroxylation sites is 1. The fourth-order valence-electron chi connectivity index (χ4n) is 2.86. The molecule has 2 aromatic carbocycles. The molecule has 0 radical (unpaired) electrons. The molecule has 0 saturated heterocycles. The minimum Gasteiger partial charge on any atom is -0.483 e. The zero-order valence-corrected chi connectivity index (χ0v) is 17.0. The summed E-state index contributed by atoms with van der Waals surface area (Å²) in [6.07, 6.45) is 4.02. The number of hydrogen-bond donors (Lipinski definition) is 2. The van der Waals surface area contributed by atoms with Gasteiger partial charge in [-0.15, -0.1) is 0 Å². The third-order valence-electron chi connectivity index (χ3n) is 4.70. The molecule has 0 bridgehead atoms. The second kappa shape index (κ2) is 10.2. The molecule has 1 atom stereocenters. The Morgan fingerprint density at radius 1 is 1.10 bits per heavy atom. The lowest BCUT2D eigenvalue weighted by Gasteiger charge is -2.15. The summed E-state index contributed by atoms with van der Waals surface area (Å²) in [4.78, 5) is 28.1. The molecular formula is C22H25N5O3. The van der Waals surface area contributed by atoms with E-state index in [4.69, 9.17) is 4.74 Å². The summed E-state index contributed by atoms with van der Waals surface area (Å²) in [5.41, 5.74) is 2.52. The third-order valence-corrected chi connectivity index (χ3v) is 4.70. The van der Waals surface area contributed by atoms with Gasteiger partial charge in [-0.3, -0.25) is 9.59 Å². The van der Waals surface area contributed by atoms with Crippen LogP contribution in [0.2, 0.25) is 0 Å². The number of nitrogens with one attached hydrogen (secondary N) is 2. The number of carbonyl (C=O) groups is 2. The Morgan fingerprint density at radius 2 is 1.87 bits per heavy atom. The molecule has 1 heterocycles. The Morgan fingerprint density at radius 3 is 2.57 bits per heavy atom. The molecule has 0 spiro atoms. The van der Waals surface area contributed by atoms with E-state index in [1.807, 2.05) is 36.4 Å². The number of nitrogens with zero attached hydrogens (tertiary/aromatic N) is 3. The standard InChI is InChI=1S/C22H25N5O3/c1-3-16(2)19-6-4-5-7-20(19)30-13-22(29)24-12-21(28)26-17-8-10-18(11-9-17)27-15-23-14-25-27/h4-11,14-16H,3,12-13H2,1-2H3,(H,24,29)(H,26,28). The Balaban J connectivity index is 1.44. The minimum absolute atomic E-state index is 0.139. The van der Waals surface area contributed by atoms with E-state index in [9.17, 15) is 9.59 Å². The lowest BCUT2D eigenvalue weighted by Crippen LogP contribution is -2.35. The maximum Gasteiger partial charge on any atom is 0.258 e. The van der Waals surface area contributed by atoms with E-state index >= 15 is 0 Å². The van der Waals surface area contributed by atoms with E-state index in [1.54, 1.807) is 23.1 Å². The van der Waals surface area contributed by atoms with Crippen molar-refractivity contribution in [3.05, 3.63) is 66.7 Å². The van der Waals surface area contributed by atoms with Crippen LogP contribution in [0.25, 0.3) is 5.69 Å². The van der Waals surface area contributed by atoms with Gasteiger partial charge < -0.3 is 15.4 Å². The van der Waals surface area contributed by atoms with Crippen LogP contribution in [0.1, 0.15) is 31.7 Å². The normalized spacial score (nSPS) is 11.5. The van der Waals surface area contributed by atoms with Crippen LogP contribution < -0.4 is 15.4 Å². The fraction of sp³-hybridized carbons (Fsp3) is 0.273. The van der Waals surface area contributed by atoms with Crippen LogP contribution in [0.15, 0.2) is 61.2 Å². The fourth-order valence-corrected chi connectivity index (χ4v) is 2.86. The molecule has 2 N–H and O–H groups in total. The molecule has 156 valence electrons. The number of aromatic nitrogens is 3. The Kier molecular flexibility index (Phi) is 7.15. The number of ether oxygens (including phenoxy) is 1. The molecule has 8 heteroatoms. The first-order valence-electron chi connectivity index (χ1n) is 9.80. The predicted molar refractivity (Wildman–Crippen MR) is 114 cm³/mol. The van der Waals surface area contributed by atoms with Crippen LogP contribution in [0.4, 0.5) is 5.69 Å². The number of rotatable bonds is 9. The summed E-state index contributed by atoms with van der Waals surface area (Å²) in [5, 5.41) is 9.35. The lowest BCUT2D eigenvalue weighted by molar-refractivity contribution is -0.125. The van der Waals surface area contributed by atoms with Crippen LogP contribution in [0.3, 0.4) is 0 Å². The van der Waals surface area contributed by atoms with E-state index < -0.39 is 0 Å². The highest BCUT2D eigenvalue weighted by Crippen LogP contribution is 2.28. The van der Waals surface area contributed by atoms with E-state index in [0.717, 1.165) is 17.7 Å². The first-order chi connectivity index (χ1) is 14.6. The highest BCUT2D eigenvalue weighted by molar-refractivity contribution is 5.94. The van der Waals surface area contributed by atoms with Gasteiger partial charge in [0.2, 0.25) is 5.91 Å². The van der Waals surface area contributed by atoms with E-state index in [2.05, 4.69) is 34.6 Å². The number of benzene rings is 2. The summed E-state index contributed by atoms with van der Waals surface area (Å²) in [6, 6.07) is 14.8.